The number of aromatic nitrogens is 1. The SMILES string of the molecule is O=C(OC1CCC2(CCCCC2)N1)c1nccc2ccccc12. The summed E-state index contributed by atoms with van der Waals surface area (Å²) in [5.41, 5.74) is 0.615. The third-order valence-electron chi connectivity index (χ3n) is 5.28. The lowest BCUT2D eigenvalue weighted by molar-refractivity contribution is 0.0217. The van der Waals surface area contributed by atoms with Gasteiger partial charge in [0.1, 0.15) is 0 Å². The number of hydrogen-bond donors (Lipinski definition) is 1. The maximum atomic E-state index is 12.6. The van der Waals surface area contributed by atoms with Crippen molar-refractivity contribution in [1.29, 1.82) is 0 Å². The highest BCUT2D eigenvalue weighted by molar-refractivity contribution is 6.02. The van der Waals surface area contributed by atoms with Crippen molar-refractivity contribution in [2.75, 3.05) is 0 Å². The van der Waals surface area contributed by atoms with E-state index in [9.17, 15) is 4.79 Å². The Morgan fingerprint density at radius 2 is 1.96 bits per heavy atom. The van der Waals surface area contributed by atoms with E-state index in [1.54, 1.807) is 6.20 Å². The first-order valence-electron chi connectivity index (χ1n) is 8.58. The fourth-order valence-corrected chi connectivity index (χ4v) is 4.07. The molecule has 2 aromatic rings. The van der Waals surface area contributed by atoms with Crippen molar-refractivity contribution in [3.63, 3.8) is 0 Å². The molecular formula is C19H22N2O2. The summed E-state index contributed by atoms with van der Waals surface area (Å²) in [7, 11) is 0. The standard InChI is InChI=1S/C19H22N2O2/c22-18(17-15-7-3-2-6-14(15)9-13-20-17)23-16-8-12-19(21-16)10-4-1-5-11-19/h2-3,6-7,9,13,16,21H,1,4-5,8,10-12H2. The molecule has 1 aromatic carbocycles. The number of nitrogens with one attached hydrogen (secondary N) is 1. The number of fused-ring (bicyclic) bond motifs is 1. The molecule has 4 rings (SSSR count). The van der Waals surface area contributed by atoms with Crippen molar-refractivity contribution < 1.29 is 9.53 Å². The highest BCUT2D eigenvalue weighted by Crippen LogP contribution is 2.37. The van der Waals surface area contributed by atoms with Gasteiger partial charge in [-0.1, -0.05) is 43.5 Å². The lowest BCUT2D eigenvalue weighted by Gasteiger charge is -2.34. The van der Waals surface area contributed by atoms with E-state index in [1.807, 2.05) is 30.3 Å². The molecule has 1 N–H and O–H groups in total. The number of carbonyl (C=O) groups is 1. The topological polar surface area (TPSA) is 51.2 Å². The van der Waals surface area contributed by atoms with Gasteiger partial charge in [-0.05, 0) is 37.1 Å². The minimum Gasteiger partial charge on any atom is -0.442 e. The fourth-order valence-electron chi connectivity index (χ4n) is 4.07. The fraction of sp³-hybridized carbons (Fsp3) is 0.474. The van der Waals surface area contributed by atoms with Gasteiger partial charge in [0, 0.05) is 17.1 Å². The van der Waals surface area contributed by atoms with Crippen LogP contribution in [0.3, 0.4) is 0 Å². The van der Waals surface area contributed by atoms with Gasteiger partial charge < -0.3 is 4.74 Å². The predicted molar refractivity (Wildman–Crippen MR) is 89.1 cm³/mol. The van der Waals surface area contributed by atoms with E-state index in [2.05, 4.69) is 10.3 Å². The third-order valence-corrected chi connectivity index (χ3v) is 5.28. The van der Waals surface area contributed by atoms with Crippen LogP contribution < -0.4 is 5.32 Å². The molecule has 4 heteroatoms. The number of pyridine rings is 1. The van der Waals surface area contributed by atoms with Gasteiger partial charge in [0.2, 0.25) is 0 Å². The minimum absolute atomic E-state index is 0.179. The molecule has 1 aromatic heterocycles. The third kappa shape index (κ3) is 2.83. The normalized spacial score (nSPS) is 23.2. The molecule has 0 radical (unpaired) electrons. The second-order valence-electron chi connectivity index (χ2n) is 6.80. The number of nitrogens with zero attached hydrogens (tertiary/aromatic N) is 1. The maximum Gasteiger partial charge on any atom is 0.359 e. The Balaban J connectivity index is 1.50. The van der Waals surface area contributed by atoms with E-state index < -0.39 is 0 Å². The maximum absolute atomic E-state index is 12.6. The molecule has 1 atom stereocenters. The molecular weight excluding hydrogens is 288 g/mol. The van der Waals surface area contributed by atoms with Gasteiger partial charge in [0.25, 0.3) is 0 Å². The molecule has 1 unspecified atom stereocenters. The lowest BCUT2D eigenvalue weighted by atomic mass is 9.81. The molecule has 0 bridgehead atoms. The lowest BCUT2D eigenvalue weighted by Crippen LogP contribution is -2.45. The Kier molecular flexibility index (Phi) is 3.77. The van der Waals surface area contributed by atoms with Crippen LogP contribution in [-0.4, -0.2) is 22.7 Å². The summed E-state index contributed by atoms with van der Waals surface area (Å²) in [5.74, 6) is -0.327. The van der Waals surface area contributed by atoms with Crippen molar-refractivity contribution >= 4 is 16.7 Å². The molecule has 1 spiro atoms. The zero-order chi connectivity index (χ0) is 15.7. The van der Waals surface area contributed by atoms with Crippen LogP contribution in [0.5, 0.6) is 0 Å². The van der Waals surface area contributed by atoms with Gasteiger partial charge in [-0.3, -0.25) is 5.32 Å². The van der Waals surface area contributed by atoms with Gasteiger partial charge in [-0.15, -0.1) is 0 Å². The van der Waals surface area contributed by atoms with Crippen molar-refractivity contribution in [3.8, 4) is 0 Å². The van der Waals surface area contributed by atoms with Gasteiger partial charge in [0.05, 0.1) is 0 Å². The Morgan fingerprint density at radius 3 is 2.83 bits per heavy atom. The molecule has 2 fully saturated rings. The first-order valence-corrected chi connectivity index (χ1v) is 8.58. The second kappa shape index (κ2) is 5.93. The van der Waals surface area contributed by atoms with Crippen LogP contribution in [0.4, 0.5) is 0 Å². The van der Waals surface area contributed by atoms with E-state index in [-0.39, 0.29) is 17.7 Å². The molecule has 120 valence electrons. The Morgan fingerprint density at radius 1 is 1.13 bits per heavy atom. The first kappa shape index (κ1) is 14.6. The smallest absolute Gasteiger partial charge is 0.359 e. The van der Waals surface area contributed by atoms with Crippen LogP contribution >= 0.6 is 0 Å². The quantitative estimate of drug-likeness (QED) is 0.857. The van der Waals surface area contributed by atoms with E-state index in [0.29, 0.717) is 5.69 Å². The van der Waals surface area contributed by atoms with Gasteiger partial charge in [-0.25, -0.2) is 9.78 Å². The van der Waals surface area contributed by atoms with Crippen LogP contribution in [0.1, 0.15) is 55.4 Å². The van der Waals surface area contributed by atoms with E-state index >= 15 is 0 Å². The van der Waals surface area contributed by atoms with E-state index in [1.165, 1.54) is 32.1 Å². The molecule has 2 aliphatic rings. The molecule has 4 nitrogen and oxygen atoms in total. The Bertz CT molecular complexity index is 717. The average molecular weight is 310 g/mol. The number of ether oxygens (including phenoxy) is 1. The zero-order valence-corrected chi connectivity index (χ0v) is 13.3. The van der Waals surface area contributed by atoms with Crippen molar-refractivity contribution in [2.45, 2.75) is 56.7 Å². The van der Waals surface area contributed by atoms with Gasteiger partial charge >= 0.3 is 5.97 Å². The summed E-state index contributed by atoms with van der Waals surface area (Å²) in [6, 6.07) is 9.70. The van der Waals surface area contributed by atoms with Crippen LogP contribution in [0.15, 0.2) is 36.5 Å². The highest BCUT2D eigenvalue weighted by Gasteiger charge is 2.40. The molecule has 1 saturated carbocycles. The zero-order valence-electron chi connectivity index (χ0n) is 13.3. The summed E-state index contributed by atoms with van der Waals surface area (Å²) in [6.07, 6.45) is 9.78. The number of benzene rings is 1. The summed E-state index contributed by atoms with van der Waals surface area (Å²) in [4.78, 5) is 16.8. The van der Waals surface area contributed by atoms with E-state index in [4.69, 9.17) is 4.74 Å². The van der Waals surface area contributed by atoms with Crippen molar-refractivity contribution in [2.24, 2.45) is 0 Å². The van der Waals surface area contributed by atoms with Gasteiger partial charge in [-0.2, -0.15) is 0 Å². The molecule has 1 aliphatic heterocycles. The van der Waals surface area contributed by atoms with E-state index in [0.717, 1.165) is 23.6 Å². The van der Waals surface area contributed by atoms with Crippen molar-refractivity contribution in [3.05, 3.63) is 42.2 Å². The Hall–Kier alpha value is -1.94. The Labute approximate surface area is 136 Å². The number of rotatable bonds is 2. The second-order valence-corrected chi connectivity index (χ2v) is 6.80. The predicted octanol–water partition coefficient (Wildman–Crippen LogP) is 3.80. The molecule has 1 saturated heterocycles. The highest BCUT2D eigenvalue weighted by atomic mass is 16.6. The molecule has 23 heavy (non-hydrogen) atoms. The first-order chi connectivity index (χ1) is 11.3. The van der Waals surface area contributed by atoms with Gasteiger partial charge in [0.15, 0.2) is 11.9 Å². The number of carbonyl (C=O) groups excluding carboxylic acids is 1. The van der Waals surface area contributed by atoms with Crippen LogP contribution in [0.2, 0.25) is 0 Å². The van der Waals surface area contributed by atoms with Crippen LogP contribution in [-0.2, 0) is 4.74 Å². The largest absolute Gasteiger partial charge is 0.442 e. The average Bonchev–Trinajstić information content (AvgIpc) is 2.97. The monoisotopic (exact) mass is 310 g/mol. The molecule has 1 aliphatic carbocycles. The minimum atomic E-state index is -0.327. The summed E-state index contributed by atoms with van der Waals surface area (Å²) in [6.45, 7) is 0. The number of hydrogen-bond acceptors (Lipinski definition) is 4. The van der Waals surface area contributed by atoms with Crippen LogP contribution in [0, 0.1) is 0 Å². The summed E-state index contributed by atoms with van der Waals surface area (Å²) in [5, 5.41) is 5.45. The summed E-state index contributed by atoms with van der Waals surface area (Å²) >= 11 is 0. The molecule has 0 amide bonds. The summed E-state index contributed by atoms with van der Waals surface area (Å²) < 4.78 is 5.72. The van der Waals surface area contributed by atoms with Crippen molar-refractivity contribution in [1.82, 2.24) is 10.3 Å². The van der Waals surface area contributed by atoms with Crippen LogP contribution in [0.25, 0.3) is 10.8 Å². The number of esters is 1. The molecule has 2 heterocycles.